The Hall–Kier alpha value is -2.54. The summed E-state index contributed by atoms with van der Waals surface area (Å²) in [6, 6.07) is 1.41. The van der Waals surface area contributed by atoms with E-state index in [0.717, 1.165) is 0 Å². The number of hydrogen-bond acceptors (Lipinski definition) is 6. The van der Waals surface area contributed by atoms with E-state index in [1.54, 1.807) is 14.1 Å². The summed E-state index contributed by atoms with van der Waals surface area (Å²) in [6.45, 7) is 0. The first-order chi connectivity index (χ1) is 10.4. The number of esters is 1. The lowest BCUT2D eigenvalue weighted by molar-refractivity contribution is 0.0594. The number of benzene rings is 1. The second-order valence-corrected chi connectivity index (χ2v) is 5.21. The number of rotatable bonds is 2. The molecule has 3 N–H and O–H groups in total. The maximum atomic E-state index is 12.4. The van der Waals surface area contributed by atoms with Gasteiger partial charge in [-0.3, -0.25) is 4.79 Å². The van der Waals surface area contributed by atoms with Crippen LogP contribution >= 0.6 is 11.6 Å². The minimum Gasteiger partial charge on any atom is -0.464 e. The third-order valence-electron chi connectivity index (χ3n) is 3.72. The smallest absolute Gasteiger partial charge is 0.356 e. The SMILES string of the molecule is CNc1c(Cl)c(N)c2c3c(cc(C(=O)OC)nc13)C(=O)N2C. The van der Waals surface area contributed by atoms with Crippen molar-refractivity contribution >= 4 is 51.4 Å². The molecule has 114 valence electrons. The number of nitrogens with zero attached hydrogens (tertiary/aromatic N) is 2. The number of nitrogens with two attached hydrogens (primary N) is 1. The van der Waals surface area contributed by atoms with E-state index >= 15 is 0 Å². The zero-order chi connectivity index (χ0) is 16.2. The lowest BCUT2D eigenvalue weighted by Crippen LogP contribution is -2.21. The molecular weight excluding hydrogens is 308 g/mol. The number of carbonyl (C=O) groups is 2. The number of hydrogen-bond donors (Lipinski definition) is 2. The van der Waals surface area contributed by atoms with Gasteiger partial charge in [-0.05, 0) is 6.07 Å². The molecule has 0 fully saturated rings. The molecule has 1 aliphatic heterocycles. The third-order valence-corrected chi connectivity index (χ3v) is 4.11. The fourth-order valence-electron chi connectivity index (χ4n) is 2.68. The molecule has 3 rings (SSSR count). The quantitative estimate of drug-likeness (QED) is 0.648. The second-order valence-electron chi connectivity index (χ2n) is 4.84. The van der Waals surface area contributed by atoms with Crippen molar-refractivity contribution in [2.45, 2.75) is 0 Å². The van der Waals surface area contributed by atoms with Crippen LogP contribution in [0, 0.1) is 0 Å². The maximum absolute atomic E-state index is 12.4. The monoisotopic (exact) mass is 320 g/mol. The maximum Gasteiger partial charge on any atom is 0.356 e. The minimum atomic E-state index is -0.628. The lowest BCUT2D eigenvalue weighted by Gasteiger charge is -2.16. The number of carbonyl (C=O) groups excluding carboxylic acids is 2. The molecule has 0 unspecified atom stereocenters. The molecule has 1 amide bonds. The van der Waals surface area contributed by atoms with Crippen LogP contribution in [0.1, 0.15) is 20.8 Å². The second kappa shape index (κ2) is 4.74. The summed E-state index contributed by atoms with van der Waals surface area (Å²) in [5.41, 5.74) is 8.12. The number of pyridine rings is 1. The summed E-state index contributed by atoms with van der Waals surface area (Å²) in [6.07, 6.45) is 0. The Labute approximate surface area is 131 Å². The summed E-state index contributed by atoms with van der Waals surface area (Å²) in [7, 11) is 4.51. The van der Waals surface area contributed by atoms with Gasteiger partial charge in [-0.1, -0.05) is 11.6 Å². The number of aromatic nitrogens is 1. The Balaban J connectivity index is 2.51. The molecule has 0 saturated carbocycles. The van der Waals surface area contributed by atoms with Gasteiger partial charge in [0.25, 0.3) is 5.91 Å². The largest absolute Gasteiger partial charge is 0.464 e. The Bertz CT molecular complexity index is 850. The summed E-state index contributed by atoms with van der Waals surface area (Å²) < 4.78 is 4.69. The first-order valence-electron chi connectivity index (χ1n) is 6.42. The number of methoxy groups -OCH3 is 1. The van der Waals surface area contributed by atoms with E-state index < -0.39 is 5.97 Å². The fourth-order valence-corrected chi connectivity index (χ4v) is 2.95. The molecule has 22 heavy (non-hydrogen) atoms. The van der Waals surface area contributed by atoms with Gasteiger partial charge in [0.05, 0.1) is 40.3 Å². The van der Waals surface area contributed by atoms with Crippen molar-refractivity contribution in [2.75, 3.05) is 37.2 Å². The molecule has 1 aliphatic rings. The van der Waals surface area contributed by atoms with Crippen LogP contribution in [0.15, 0.2) is 6.07 Å². The zero-order valence-electron chi connectivity index (χ0n) is 12.2. The van der Waals surface area contributed by atoms with Crippen LogP contribution in [0.3, 0.4) is 0 Å². The molecule has 0 bridgehead atoms. The number of anilines is 3. The van der Waals surface area contributed by atoms with Crippen molar-refractivity contribution in [3.63, 3.8) is 0 Å². The molecule has 0 spiro atoms. The van der Waals surface area contributed by atoms with Gasteiger partial charge >= 0.3 is 5.97 Å². The number of halogens is 1. The van der Waals surface area contributed by atoms with E-state index in [2.05, 4.69) is 15.0 Å². The van der Waals surface area contributed by atoms with Crippen molar-refractivity contribution in [2.24, 2.45) is 0 Å². The molecule has 0 aliphatic carbocycles. The van der Waals surface area contributed by atoms with Gasteiger partial charge in [-0.2, -0.15) is 0 Å². The van der Waals surface area contributed by atoms with Crippen LogP contribution in [0.2, 0.25) is 5.02 Å². The van der Waals surface area contributed by atoms with E-state index in [0.29, 0.717) is 33.5 Å². The normalized spacial score (nSPS) is 12.9. The molecule has 0 atom stereocenters. The van der Waals surface area contributed by atoms with E-state index in [1.165, 1.54) is 18.1 Å². The molecular formula is C14H13ClN4O3. The topological polar surface area (TPSA) is 97.5 Å². The average molecular weight is 321 g/mol. The van der Waals surface area contributed by atoms with Crippen LogP contribution in [-0.2, 0) is 4.74 Å². The molecule has 7 nitrogen and oxygen atoms in total. The van der Waals surface area contributed by atoms with E-state index in [4.69, 9.17) is 17.3 Å². The van der Waals surface area contributed by atoms with Crippen molar-refractivity contribution in [1.82, 2.24) is 4.98 Å². The molecule has 0 saturated heterocycles. The van der Waals surface area contributed by atoms with Gasteiger partial charge in [0, 0.05) is 19.5 Å². The van der Waals surface area contributed by atoms with Crippen LogP contribution < -0.4 is 16.0 Å². The minimum absolute atomic E-state index is 0.0388. The van der Waals surface area contributed by atoms with Gasteiger partial charge in [-0.15, -0.1) is 0 Å². The van der Waals surface area contributed by atoms with E-state index in [1.807, 2.05) is 0 Å². The number of amides is 1. The van der Waals surface area contributed by atoms with Gasteiger partial charge in [-0.25, -0.2) is 9.78 Å². The summed E-state index contributed by atoms with van der Waals surface area (Å²) in [5, 5.41) is 3.75. The van der Waals surface area contributed by atoms with E-state index in [9.17, 15) is 9.59 Å². The van der Waals surface area contributed by atoms with Crippen LogP contribution in [0.25, 0.3) is 10.9 Å². The Morgan fingerprint density at radius 2 is 2.18 bits per heavy atom. The van der Waals surface area contributed by atoms with Gasteiger partial charge in [0.1, 0.15) is 5.69 Å². The molecule has 8 heteroatoms. The summed E-state index contributed by atoms with van der Waals surface area (Å²) in [5.74, 6) is -0.902. The standard InChI is InChI=1S/C14H13ClN4O3/c1-17-11-8(15)9(16)12-7-5(13(20)19(12)2)4-6(14(21)22-3)18-10(7)11/h4,17H,16H2,1-3H3. The number of nitrogen functional groups attached to an aromatic ring is 1. The van der Waals surface area contributed by atoms with Crippen molar-refractivity contribution in [3.05, 3.63) is 22.3 Å². The molecule has 2 aromatic rings. The van der Waals surface area contributed by atoms with Crippen LogP contribution in [-0.4, -0.2) is 38.1 Å². The number of ether oxygens (including phenoxy) is 1. The van der Waals surface area contributed by atoms with Crippen LogP contribution in [0.4, 0.5) is 17.1 Å². The fraction of sp³-hybridized carbons (Fsp3) is 0.214. The van der Waals surface area contributed by atoms with Crippen molar-refractivity contribution in [1.29, 1.82) is 0 Å². The summed E-state index contributed by atoms with van der Waals surface area (Å²) >= 11 is 6.28. The zero-order valence-corrected chi connectivity index (χ0v) is 12.9. The highest BCUT2D eigenvalue weighted by Crippen LogP contribution is 2.48. The van der Waals surface area contributed by atoms with Gasteiger partial charge < -0.3 is 20.7 Å². The lowest BCUT2D eigenvalue weighted by atomic mass is 10.1. The Morgan fingerprint density at radius 3 is 2.77 bits per heavy atom. The first kappa shape index (κ1) is 14.4. The molecule has 2 heterocycles. The summed E-state index contributed by atoms with van der Waals surface area (Å²) in [4.78, 5) is 29.9. The molecule has 1 aromatic carbocycles. The first-order valence-corrected chi connectivity index (χ1v) is 6.80. The van der Waals surface area contributed by atoms with Gasteiger partial charge in [0.15, 0.2) is 0 Å². The molecule has 0 radical (unpaired) electrons. The Morgan fingerprint density at radius 1 is 1.50 bits per heavy atom. The van der Waals surface area contributed by atoms with Crippen LogP contribution in [0.5, 0.6) is 0 Å². The third kappa shape index (κ3) is 1.66. The predicted octanol–water partition coefficient (Wildman–Crippen LogP) is 1.89. The highest BCUT2D eigenvalue weighted by molar-refractivity contribution is 6.41. The van der Waals surface area contributed by atoms with Crippen molar-refractivity contribution in [3.8, 4) is 0 Å². The number of nitrogens with one attached hydrogen (secondary N) is 1. The predicted molar refractivity (Wildman–Crippen MR) is 84.8 cm³/mol. The Kier molecular flexibility index (Phi) is 3.10. The highest BCUT2D eigenvalue weighted by Gasteiger charge is 2.34. The van der Waals surface area contributed by atoms with Gasteiger partial charge in [0.2, 0.25) is 0 Å². The van der Waals surface area contributed by atoms with E-state index in [-0.39, 0.29) is 16.6 Å². The van der Waals surface area contributed by atoms with Crippen molar-refractivity contribution < 1.29 is 14.3 Å². The average Bonchev–Trinajstić information content (AvgIpc) is 2.77. The highest BCUT2D eigenvalue weighted by atomic mass is 35.5. The molecule has 1 aromatic heterocycles.